The second-order valence-electron chi connectivity index (χ2n) is 5.16. The number of pyridine rings is 1. The molecule has 0 saturated carbocycles. The molecule has 0 spiro atoms. The van der Waals surface area contributed by atoms with Gasteiger partial charge >= 0.3 is 6.03 Å². The van der Waals surface area contributed by atoms with Gasteiger partial charge in [0.25, 0.3) is 0 Å². The van der Waals surface area contributed by atoms with Gasteiger partial charge < -0.3 is 15.5 Å². The lowest BCUT2D eigenvalue weighted by Crippen LogP contribution is -2.21. The van der Waals surface area contributed by atoms with Crippen LogP contribution in [0.15, 0.2) is 42.6 Å². The molecule has 114 valence electrons. The summed E-state index contributed by atoms with van der Waals surface area (Å²) in [7, 11) is 0. The summed E-state index contributed by atoms with van der Waals surface area (Å²) in [6, 6.07) is 9.20. The van der Waals surface area contributed by atoms with Gasteiger partial charge in [-0.25, -0.2) is 14.2 Å². The molecule has 2 aromatic rings. The van der Waals surface area contributed by atoms with Crippen molar-refractivity contribution in [1.29, 1.82) is 0 Å². The molecule has 2 heterocycles. The number of rotatable bonds is 3. The Morgan fingerprint density at radius 3 is 2.55 bits per heavy atom. The van der Waals surface area contributed by atoms with E-state index >= 15 is 0 Å². The minimum atomic E-state index is -0.499. The Hall–Kier alpha value is -2.63. The fourth-order valence-electron chi connectivity index (χ4n) is 2.44. The van der Waals surface area contributed by atoms with Gasteiger partial charge in [-0.1, -0.05) is 12.1 Å². The van der Waals surface area contributed by atoms with Gasteiger partial charge in [0.05, 0.1) is 17.6 Å². The van der Waals surface area contributed by atoms with Crippen LogP contribution in [0.25, 0.3) is 0 Å². The molecule has 1 aromatic carbocycles. The molecule has 22 heavy (non-hydrogen) atoms. The maximum absolute atomic E-state index is 13.5. The first-order valence-electron chi connectivity index (χ1n) is 7.26. The lowest BCUT2D eigenvalue weighted by Gasteiger charge is -2.16. The molecule has 0 radical (unpaired) electrons. The monoisotopic (exact) mass is 300 g/mol. The third-order valence-corrected chi connectivity index (χ3v) is 3.56. The zero-order chi connectivity index (χ0) is 15.4. The number of nitrogens with one attached hydrogen (secondary N) is 2. The SMILES string of the molecule is O=C(Nc1ccc(N2CCCC2)nc1)Nc1ccccc1F. The first-order valence-corrected chi connectivity index (χ1v) is 7.26. The topological polar surface area (TPSA) is 57.3 Å². The van der Waals surface area contributed by atoms with Crippen LogP contribution in [0.1, 0.15) is 12.8 Å². The molecule has 6 heteroatoms. The van der Waals surface area contributed by atoms with Gasteiger partial charge in [-0.05, 0) is 37.1 Å². The maximum Gasteiger partial charge on any atom is 0.323 e. The number of amides is 2. The Bertz CT molecular complexity index is 653. The normalized spacial score (nSPS) is 14.0. The van der Waals surface area contributed by atoms with E-state index in [0.717, 1.165) is 18.9 Å². The lowest BCUT2D eigenvalue weighted by atomic mass is 10.3. The van der Waals surface area contributed by atoms with Crippen LogP contribution in [0.5, 0.6) is 0 Å². The highest BCUT2D eigenvalue weighted by Gasteiger charge is 2.13. The largest absolute Gasteiger partial charge is 0.357 e. The molecule has 1 aliphatic heterocycles. The van der Waals surface area contributed by atoms with Crippen molar-refractivity contribution in [2.45, 2.75) is 12.8 Å². The summed E-state index contributed by atoms with van der Waals surface area (Å²) in [6.45, 7) is 2.04. The van der Waals surface area contributed by atoms with Gasteiger partial charge in [-0.2, -0.15) is 0 Å². The molecule has 2 amide bonds. The fourth-order valence-corrected chi connectivity index (χ4v) is 2.44. The first kappa shape index (κ1) is 14.3. The molecule has 0 atom stereocenters. The fraction of sp³-hybridized carbons (Fsp3) is 0.250. The van der Waals surface area contributed by atoms with Crippen molar-refractivity contribution in [3.8, 4) is 0 Å². The number of hydrogen-bond acceptors (Lipinski definition) is 3. The van der Waals surface area contributed by atoms with E-state index in [-0.39, 0.29) is 5.69 Å². The quantitative estimate of drug-likeness (QED) is 0.912. The Labute approximate surface area is 128 Å². The Balaban J connectivity index is 1.60. The van der Waals surface area contributed by atoms with Crippen LogP contribution >= 0.6 is 0 Å². The average Bonchev–Trinajstić information content (AvgIpc) is 3.05. The highest BCUT2D eigenvalue weighted by molar-refractivity contribution is 5.99. The molecule has 3 rings (SSSR count). The second-order valence-corrected chi connectivity index (χ2v) is 5.16. The van der Waals surface area contributed by atoms with Crippen LogP contribution in [0.2, 0.25) is 0 Å². The van der Waals surface area contributed by atoms with Crippen molar-refractivity contribution in [2.75, 3.05) is 28.6 Å². The number of para-hydroxylation sites is 1. The van der Waals surface area contributed by atoms with Gasteiger partial charge in [-0.3, -0.25) is 0 Å². The van der Waals surface area contributed by atoms with Crippen molar-refractivity contribution < 1.29 is 9.18 Å². The molecule has 1 aliphatic rings. The number of halogens is 1. The number of aromatic nitrogens is 1. The predicted octanol–water partition coefficient (Wildman–Crippen LogP) is 3.46. The number of benzene rings is 1. The van der Waals surface area contributed by atoms with E-state index in [0.29, 0.717) is 5.69 Å². The van der Waals surface area contributed by atoms with Crippen LogP contribution < -0.4 is 15.5 Å². The van der Waals surface area contributed by atoms with Crippen LogP contribution in [0.4, 0.5) is 26.4 Å². The summed E-state index contributed by atoms with van der Waals surface area (Å²) in [5.41, 5.74) is 0.707. The van der Waals surface area contributed by atoms with E-state index in [4.69, 9.17) is 0 Å². The number of nitrogens with zero attached hydrogens (tertiary/aromatic N) is 2. The van der Waals surface area contributed by atoms with Gasteiger partial charge in [0, 0.05) is 13.1 Å². The summed E-state index contributed by atoms with van der Waals surface area (Å²) in [5, 5.41) is 5.10. The zero-order valence-electron chi connectivity index (χ0n) is 12.1. The third-order valence-electron chi connectivity index (χ3n) is 3.56. The molecule has 5 nitrogen and oxygen atoms in total. The predicted molar refractivity (Wildman–Crippen MR) is 84.7 cm³/mol. The summed E-state index contributed by atoms with van der Waals surface area (Å²) in [6.07, 6.45) is 3.98. The number of urea groups is 1. The number of anilines is 3. The standard InChI is InChI=1S/C16H17FN4O/c17-13-5-1-2-6-14(13)20-16(22)19-12-7-8-15(18-11-12)21-9-3-4-10-21/h1-2,5-8,11H,3-4,9-10H2,(H2,19,20,22). The smallest absolute Gasteiger partial charge is 0.323 e. The summed E-state index contributed by atoms with van der Waals surface area (Å²) < 4.78 is 13.5. The van der Waals surface area contributed by atoms with E-state index < -0.39 is 11.8 Å². The molecule has 0 unspecified atom stereocenters. The minimum Gasteiger partial charge on any atom is -0.357 e. The van der Waals surface area contributed by atoms with Crippen LogP contribution in [0.3, 0.4) is 0 Å². The molecule has 2 N–H and O–H groups in total. The molecule has 1 saturated heterocycles. The Morgan fingerprint density at radius 1 is 1.09 bits per heavy atom. The number of carbonyl (C=O) groups excluding carboxylic acids is 1. The van der Waals surface area contributed by atoms with Crippen molar-refractivity contribution in [3.63, 3.8) is 0 Å². The molecule has 1 fully saturated rings. The maximum atomic E-state index is 13.5. The van der Waals surface area contributed by atoms with E-state index in [1.54, 1.807) is 24.4 Å². The number of hydrogen-bond donors (Lipinski definition) is 2. The Morgan fingerprint density at radius 2 is 1.86 bits per heavy atom. The van der Waals surface area contributed by atoms with Crippen LogP contribution in [-0.4, -0.2) is 24.1 Å². The molecule has 0 bridgehead atoms. The molecular weight excluding hydrogens is 283 g/mol. The summed E-state index contributed by atoms with van der Waals surface area (Å²) in [5.74, 6) is 0.442. The molecule has 1 aromatic heterocycles. The minimum absolute atomic E-state index is 0.140. The van der Waals surface area contributed by atoms with Crippen molar-refractivity contribution in [1.82, 2.24) is 4.98 Å². The first-order chi connectivity index (χ1) is 10.7. The highest BCUT2D eigenvalue weighted by atomic mass is 19.1. The van der Waals surface area contributed by atoms with E-state index in [1.165, 1.54) is 25.0 Å². The van der Waals surface area contributed by atoms with Gasteiger partial charge in [-0.15, -0.1) is 0 Å². The van der Waals surface area contributed by atoms with Crippen LogP contribution in [0, 0.1) is 5.82 Å². The van der Waals surface area contributed by atoms with E-state index in [2.05, 4.69) is 20.5 Å². The third kappa shape index (κ3) is 3.33. The average molecular weight is 300 g/mol. The second kappa shape index (κ2) is 6.43. The van der Waals surface area contributed by atoms with Gasteiger partial charge in [0.1, 0.15) is 11.6 Å². The lowest BCUT2D eigenvalue weighted by molar-refractivity contribution is 0.262. The zero-order valence-corrected chi connectivity index (χ0v) is 12.1. The summed E-state index contributed by atoms with van der Waals surface area (Å²) in [4.78, 5) is 18.4. The molecule has 0 aliphatic carbocycles. The summed E-state index contributed by atoms with van der Waals surface area (Å²) >= 11 is 0. The van der Waals surface area contributed by atoms with Gasteiger partial charge in [0.2, 0.25) is 0 Å². The van der Waals surface area contributed by atoms with E-state index in [1.807, 2.05) is 6.07 Å². The number of carbonyl (C=O) groups is 1. The van der Waals surface area contributed by atoms with E-state index in [9.17, 15) is 9.18 Å². The van der Waals surface area contributed by atoms with Crippen molar-refractivity contribution in [2.24, 2.45) is 0 Å². The van der Waals surface area contributed by atoms with Crippen molar-refractivity contribution in [3.05, 3.63) is 48.4 Å². The van der Waals surface area contributed by atoms with Crippen molar-refractivity contribution >= 4 is 23.2 Å². The van der Waals surface area contributed by atoms with Gasteiger partial charge in [0.15, 0.2) is 0 Å². The molecular formula is C16H17FN4O. The Kier molecular flexibility index (Phi) is 4.18. The highest BCUT2D eigenvalue weighted by Crippen LogP contribution is 2.19. The van der Waals surface area contributed by atoms with Crippen LogP contribution in [-0.2, 0) is 0 Å².